The molecule has 0 aromatic carbocycles. The van der Waals surface area contributed by atoms with Crippen molar-refractivity contribution in [2.24, 2.45) is 0 Å². The summed E-state index contributed by atoms with van der Waals surface area (Å²) in [4.78, 5) is 19.3. The van der Waals surface area contributed by atoms with E-state index < -0.39 is 5.97 Å². The quantitative estimate of drug-likeness (QED) is 0.574. The number of carboxylic acid groups (broad SMARTS) is 1. The van der Waals surface area contributed by atoms with Gasteiger partial charge in [0.05, 0.1) is 17.8 Å². The van der Waals surface area contributed by atoms with E-state index in [4.69, 9.17) is 5.11 Å². The van der Waals surface area contributed by atoms with Crippen LogP contribution in [0.5, 0.6) is 0 Å². The Labute approximate surface area is 91.3 Å². The zero-order valence-corrected chi connectivity index (χ0v) is 9.10. The summed E-state index contributed by atoms with van der Waals surface area (Å²) >= 11 is 1.43. The fraction of sp³-hybridized carbons (Fsp3) is 0.444. The average molecular weight is 225 g/mol. The number of nitrogens with one attached hydrogen (secondary N) is 1. The Morgan fingerprint density at radius 2 is 2.33 bits per heavy atom. The van der Waals surface area contributed by atoms with Crippen molar-refractivity contribution in [1.82, 2.24) is 15.3 Å². The van der Waals surface area contributed by atoms with Crippen LogP contribution < -0.4 is 5.32 Å². The normalized spacial score (nSPS) is 13.9. The van der Waals surface area contributed by atoms with Gasteiger partial charge in [0.2, 0.25) is 0 Å². The molecule has 1 aliphatic rings. The van der Waals surface area contributed by atoms with Gasteiger partial charge in [0.1, 0.15) is 0 Å². The zero-order valence-electron chi connectivity index (χ0n) is 8.28. The lowest BCUT2D eigenvalue weighted by Gasteiger charge is -2.05. The molecule has 5 nitrogen and oxygen atoms in total. The van der Waals surface area contributed by atoms with E-state index in [0.29, 0.717) is 23.9 Å². The second kappa shape index (κ2) is 4.16. The largest absolute Gasteiger partial charge is 0.481 e. The summed E-state index contributed by atoms with van der Waals surface area (Å²) in [6.45, 7) is 1.38. The third-order valence-corrected chi connectivity index (χ3v) is 2.80. The highest BCUT2D eigenvalue weighted by molar-refractivity contribution is 7.98. The minimum absolute atomic E-state index is 0.0277. The minimum Gasteiger partial charge on any atom is -0.481 e. The molecule has 2 heterocycles. The van der Waals surface area contributed by atoms with Crippen LogP contribution in [0.4, 0.5) is 0 Å². The number of aromatic nitrogens is 2. The highest BCUT2D eigenvalue weighted by Crippen LogP contribution is 2.20. The van der Waals surface area contributed by atoms with E-state index in [9.17, 15) is 4.79 Å². The summed E-state index contributed by atoms with van der Waals surface area (Å²) in [6, 6.07) is 0. The molecular weight excluding hydrogens is 214 g/mol. The maximum absolute atomic E-state index is 10.7. The number of aliphatic carboxylic acids is 1. The van der Waals surface area contributed by atoms with Crippen LogP contribution in [0.15, 0.2) is 5.16 Å². The van der Waals surface area contributed by atoms with Gasteiger partial charge in [0, 0.05) is 18.7 Å². The van der Waals surface area contributed by atoms with Crippen molar-refractivity contribution < 1.29 is 9.90 Å². The lowest BCUT2D eigenvalue weighted by molar-refractivity contribution is -0.136. The predicted molar refractivity (Wildman–Crippen MR) is 55.7 cm³/mol. The first-order valence-corrected chi connectivity index (χ1v) is 5.78. The van der Waals surface area contributed by atoms with E-state index >= 15 is 0 Å². The SMILES string of the molecule is CSc1nc2c(c(CC(=O)O)n1)CNC2. The fourth-order valence-corrected chi connectivity index (χ4v) is 2.00. The van der Waals surface area contributed by atoms with Gasteiger partial charge in [-0.2, -0.15) is 0 Å². The van der Waals surface area contributed by atoms with Crippen LogP contribution in [0.3, 0.4) is 0 Å². The summed E-state index contributed by atoms with van der Waals surface area (Å²) in [7, 11) is 0. The van der Waals surface area contributed by atoms with Gasteiger partial charge in [0.25, 0.3) is 0 Å². The van der Waals surface area contributed by atoms with Crippen LogP contribution in [0.2, 0.25) is 0 Å². The molecule has 0 saturated carbocycles. The average Bonchev–Trinajstić information content (AvgIpc) is 2.64. The molecule has 0 saturated heterocycles. The number of fused-ring (bicyclic) bond motifs is 1. The molecule has 1 aromatic heterocycles. The maximum Gasteiger partial charge on any atom is 0.309 e. The molecule has 2 rings (SSSR count). The van der Waals surface area contributed by atoms with Crippen LogP contribution in [-0.2, 0) is 24.3 Å². The lowest BCUT2D eigenvalue weighted by Crippen LogP contribution is -2.09. The molecule has 0 unspecified atom stereocenters. The number of carbonyl (C=O) groups is 1. The summed E-state index contributed by atoms with van der Waals surface area (Å²) in [5, 5.41) is 12.6. The molecular formula is C9H11N3O2S. The molecule has 1 aliphatic heterocycles. The number of thioether (sulfide) groups is 1. The van der Waals surface area contributed by atoms with Crippen molar-refractivity contribution >= 4 is 17.7 Å². The first-order chi connectivity index (χ1) is 7.20. The Hall–Kier alpha value is -1.14. The van der Waals surface area contributed by atoms with E-state index in [-0.39, 0.29) is 6.42 Å². The smallest absolute Gasteiger partial charge is 0.309 e. The molecule has 0 bridgehead atoms. The summed E-state index contributed by atoms with van der Waals surface area (Å²) < 4.78 is 0. The van der Waals surface area contributed by atoms with E-state index in [1.807, 2.05) is 6.26 Å². The van der Waals surface area contributed by atoms with Crippen molar-refractivity contribution in [3.63, 3.8) is 0 Å². The number of hydrogen-bond acceptors (Lipinski definition) is 5. The molecule has 0 spiro atoms. The zero-order chi connectivity index (χ0) is 10.8. The molecule has 2 N–H and O–H groups in total. The Morgan fingerprint density at radius 1 is 1.53 bits per heavy atom. The summed E-state index contributed by atoms with van der Waals surface area (Å²) in [5.41, 5.74) is 2.53. The van der Waals surface area contributed by atoms with E-state index in [0.717, 1.165) is 11.3 Å². The van der Waals surface area contributed by atoms with Gasteiger partial charge in [-0.15, -0.1) is 0 Å². The molecule has 0 amide bonds. The Bertz CT molecular complexity index is 409. The van der Waals surface area contributed by atoms with E-state index in [1.54, 1.807) is 0 Å². The van der Waals surface area contributed by atoms with Crippen molar-refractivity contribution in [2.75, 3.05) is 6.26 Å². The molecule has 0 fully saturated rings. The van der Waals surface area contributed by atoms with Crippen molar-refractivity contribution in [3.05, 3.63) is 17.0 Å². The van der Waals surface area contributed by atoms with Crippen LogP contribution >= 0.6 is 11.8 Å². The molecule has 80 valence electrons. The first kappa shape index (κ1) is 10.4. The predicted octanol–water partition coefficient (Wildman–Crippen LogP) is 0.429. The van der Waals surface area contributed by atoms with Gasteiger partial charge >= 0.3 is 5.97 Å². The van der Waals surface area contributed by atoms with Gasteiger partial charge in [-0.1, -0.05) is 11.8 Å². The fourth-order valence-electron chi connectivity index (χ4n) is 1.59. The summed E-state index contributed by atoms with van der Waals surface area (Å²) in [5.74, 6) is -0.852. The van der Waals surface area contributed by atoms with Gasteiger partial charge in [-0.25, -0.2) is 9.97 Å². The number of hydrogen-bond donors (Lipinski definition) is 2. The minimum atomic E-state index is -0.852. The van der Waals surface area contributed by atoms with Crippen LogP contribution in [0, 0.1) is 0 Å². The van der Waals surface area contributed by atoms with Crippen LogP contribution in [0.25, 0.3) is 0 Å². The standard InChI is InChI=1S/C9H11N3O2S/c1-15-9-11-6(2-8(13)14)5-3-10-4-7(5)12-9/h10H,2-4H2,1H3,(H,13,14). The number of nitrogens with zero attached hydrogens (tertiary/aromatic N) is 2. The highest BCUT2D eigenvalue weighted by Gasteiger charge is 2.19. The van der Waals surface area contributed by atoms with Gasteiger partial charge in [-0.05, 0) is 6.26 Å². The number of rotatable bonds is 3. The van der Waals surface area contributed by atoms with Crippen molar-refractivity contribution in [2.45, 2.75) is 24.7 Å². The number of carboxylic acids is 1. The Morgan fingerprint density at radius 3 is 3.00 bits per heavy atom. The van der Waals surface area contributed by atoms with E-state index in [2.05, 4.69) is 15.3 Å². The first-order valence-electron chi connectivity index (χ1n) is 4.56. The third-order valence-electron chi connectivity index (χ3n) is 2.25. The van der Waals surface area contributed by atoms with Gasteiger partial charge in [-0.3, -0.25) is 4.79 Å². The van der Waals surface area contributed by atoms with Gasteiger partial charge < -0.3 is 10.4 Å². The molecule has 0 atom stereocenters. The van der Waals surface area contributed by atoms with E-state index in [1.165, 1.54) is 11.8 Å². The third kappa shape index (κ3) is 2.10. The second-order valence-electron chi connectivity index (χ2n) is 3.26. The monoisotopic (exact) mass is 225 g/mol. The molecule has 6 heteroatoms. The molecule has 1 aromatic rings. The van der Waals surface area contributed by atoms with Crippen LogP contribution in [0.1, 0.15) is 17.0 Å². The topological polar surface area (TPSA) is 75.1 Å². The van der Waals surface area contributed by atoms with Gasteiger partial charge in [0.15, 0.2) is 5.16 Å². The molecule has 15 heavy (non-hydrogen) atoms. The summed E-state index contributed by atoms with van der Waals surface area (Å²) in [6.07, 6.45) is 1.86. The maximum atomic E-state index is 10.7. The second-order valence-corrected chi connectivity index (χ2v) is 4.03. The lowest BCUT2D eigenvalue weighted by atomic mass is 10.1. The van der Waals surface area contributed by atoms with Crippen molar-refractivity contribution in [1.29, 1.82) is 0 Å². The Balaban J connectivity index is 2.42. The molecule has 0 aliphatic carbocycles. The van der Waals surface area contributed by atoms with Crippen molar-refractivity contribution in [3.8, 4) is 0 Å². The highest BCUT2D eigenvalue weighted by atomic mass is 32.2. The van der Waals surface area contributed by atoms with Crippen LogP contribution in [-0.4, -0.2) is 27.3 Å². The Kier molecular flexibility index (Phi) is 2.88. The molecule has 0 radical (unpaired) electrons.